The minimum absolute atomic E-state index is 0. The summed E-state index contributed by atoms with van der Waals surface area (Å²) in [5.41, 5.74) is 0. The summed E-state index contributed by atoms with van der Waals surface area (Å²) in [6, 6.07) is 0. The van der Waals surface area contributed by atoms with Crippen LogP contribution in [-0.4, -0.2) is 19.0 Å². The van der Waals surface area contributed by atoms with E-state index in [0.29, 0.717) is 0 Å². The Balaban J connectivity index is 0. The summed E-state index contributed by atoms with van der Waals surface area (Å²) in [6.07, 6.45) is -8.18. The second-order valence-corrected chi connectivity index (χ2v) is 1.18. The van der Waals surface area contributed by atoms with Gasteiger partial charge in [-0.15, -0.1) is 0 Å². The van der Waals surface area contributed by atoms with Gasteiger partial charge in [0.25, 0.3) is 0 Å². The fourth-order valence-electron chi connectivity index (χ4n) is 0.0945. The summed E-state index contributed by atoms with van der Waals surface area (Å²) in [5, 5.41) is 9.18. The van der Waals surface area contributed by atoms with Gasteiger partial charge in [0.15, 0.2) is 6.17 Å². The Morgan fingerprint density at radius 2 is 1.67 bits per heavy atom. The van der Waals surface area contributed by atoms with Crippen LogP contribution in [0.5, 0.6) is 0 Å². The average Bonchev–Trinajstić information content (AvgIpc) is 1.62. The van der Waals surface area contributed by atoms with Gasteiger partial charge in [-0.25, -0.2) is 4.39 Å². The normalized spacial score (nSPS) is 14.3. The largest absolute Gasteiger partial charge is 1.00 e. The molecule has 0 aliphatic heterocycles. The molecule has 0 radical (unpaired) electrons. The molecule has 50 valence electrons. The number of halogens is 4. The first-order valence-corrected chi connectivity index (χ1v) is 1.77. The molecule has 6 heteroatoms. The maximum absolute atomic E-state index is 11.2. The van der Waals surface area contributed by atoms with E-state index >= 15 is 0 Å². The Kier molecular flexibility index (Phi) is 6.17. The van der Waals surface area contributed by atoms with Crippen LogP contribution in [0.2, 0.25) is 0 Å². The van der Waals surface area contributed by atoms with Gasteiger partial charge in [-0.2, -0.15) is 13.2 Å². The molecule has 0 fully saturated rings. The van der Waals surface area contributed by atoms with Crippen LogP contribution in [0.3, 0.4) is 0 Å². The van der Waals surface area contributed by atoms with Crippen LogP contribution in [0.25, 0.3) is 0 Å². The molecule has 0 aliphatic carbocycles. The first-order chi connectivity index (χ1) is 3.48. The van der Waals surface area contributed by atoms with Crippen molar-refractivity contribution in [3.05, 3.63) is 0 Å². The topological polar surface area (TPSA) is 23.1 Å². The molecule has 0 saturated carbocycles. The first kappa shape index (κ1) is 12.4. The molecule has 0 rings (SSSR count). The zero-order valence-electron chi connectivity index (χ0n) is 4.70. The van der Waals surface area contributed by atoms with Crippen LogP contribution < -0.4 is 34.7 Å². The van der Waals surface area contributed by atoms with Crippen molar-refractivity contribution in [2.45, 2.75) is 12.3 Å². The zero-order chi connectivity index (χ0) is 6.78. The van der Waals surface area contributed by atoms with Gasteiger partial charge in [0.1, 0.15) is 0 Å². The zero-order valence-corrected chi connectivity index (χ0v) is 6.70. The van der Waals surface area contributed by atoms with E-state index in [4.69, 9.17) is 0 Å². The molecule has 9 heavy (non-hydrogen) atoms. The van der Waals surface area contributed by atoms with Gasteiger partial charge in [-0.05, 0) is 0 Å². The molecule has 0 spiro atoms. The van der Waals surface area contributed by atoms with E-state index < -0.39 is 19.0 Å². The Bertz CT molecular complexity index is 72.7. The molecule has 0 saturated heterocycles. The Labute approximate surface area is 71.3 Å². The van der Waals surface area contributed by atoms with E-state index in [0.717, 1.165) is 0 Å². The van der Waals surface area contributed by atoms with E-state index in [2.05, 4.69) is 0 Å². The Morgan fingerprint density at radius 1 is 1.33 bits per heavy atom. The van der Waals surface area contributed by atoms with Crippen molar-refractivity contribution < 1.29 is 52.2 Å². The van der Waals surface area contributed by atoms with E-state index in [-0.39, 0.29) is 29.6 Å². The third kappa shape index (κ3) is 5.14. The quantitative estimate of drug-likeness (QED) is 0.296. The van der Waals surface area contributed by atoms with E-state index in [1.165, 1.54) is 0 Å². The molecule has 0 aromatic heterocycles. The maximum atomic E-state index is 11.2. The third-order valence-corrected chi connectivity index (χ3v) is 0.502. The maximum Gasteiger partial charge on any atom is 1.00 e. The van der Waals surface area contributed by atoms with Crippen LogP contribution in [0.4, 0.5) is 17.6 Å². The molecule has 0 aliphatic rings. The van der Waals surface area contributed by atoms with Gasteiger partial charge in [0, 0.05) is 0 Å². The third-order valence-electron chi connectivity index (χ3n) is 0.502. The van der Waals surface area contributed by atoms with E-state index in [1.807, 2.05) is 0 Å². The molecule has 1 nitrogen and oxygen atoms in total. The number of hydrogen-bond donors (Lipinski definition) is 0. The fraction of sp³-hybridized carbons (Fsp3) is 1.00. The van der Waals surface area contributed by atoms with Gasteiger partial charge in [0.05, 0.1) is 0 Å². The van der Waals surface area contributed by atoms with Gasteiger partial charge >= 0.3 is 35.7 Å². The van der Waals surface area contributed by atoms with Gasteiger partial charge in [0.2, 0.25) is 0 Å². The fourth-order valence-corrected chi connectivity index (χ4v) is 0.0945. The van der Waals surface area contributed by atoms with Crippen LogP contribution in [-0.2, 0) is 0 Å². The predicted molar refractivity (Wildman–Crippen MR) is 15.8 cm³/mol. The molecule has 0 N–H and O–H groups in total. The van der Waals surface area contributed by atoms with Crippen LogP contribution in [0.1, 0.15) is 0 Å². The summed E-state index contributed by atoms with van der Waals surface area (Å²) in [6.45, 7) is -1.75. The Hall–Kier alpha value is 0.680. The molecule has 0 heterocycles. The summed E-state index contributed by atoms with van der Waals surface area (Å²) >= 11 is 0. The van der Waals surface area contributed by atoms with Crippen molar-refractivity contribution >= 4 is 0 Å². The van der Waals surface area contributed by atoms with E-state index in [9.17, 15) is 22.7 Å². The van der Waals surface area contributed by atoms with Crippen LogP contribution >= 0.6 is 0 Å². The number of hydrogen-bond acceptors (Lipinski definition) is 1. The van der Waals surface area contributed by atoms with Gasteiger partial charge in [-0.1, -0.05) is 6.61 Å². The van der Waals surface area contributed by atoms with Crippen LogP contribution in [0.15, 0.2) is 0 Å². The molecule has 0 aromatic carbocycles. The van der Waals surface area contributed by atoms with Crippen molar-refractivity contribution in [1.82, 2.24) is 0 Å². The van der Waals surface area contributed by atoms with Crippen molar-refractivity contribution in [1.29, 1.82) is 0 Å². The van der Waals surface area contributed by atoms with Crippen molar-refractivity contribution in [3.8, 4) is 0 Å². The summed E-state index contributed by atoms with van der Waals surface area (Å²) in [4.78, 5) is 0. The second-order valence-electron chi connectivity index (χ2n) is 1.18. The molecule has 1 unspecified atom stereocenters. The summed E-state index contributed by atoms with van der Waals surface area (Å²) in [5.74, 6) is 0. The molecule has 1 atom stereocenters. The first-order valence-electron chi connectivity index (χ1n) is 1.77. The summed E-state index contributed by atoms with van der Waals surface area (Å²) < 4.78 is 43.8. The Morgan fingerprint density at radius 3 is 1.67 bits per heavy atom. The second kappa shape index (κ2) is 4.49. The van der Waals surface area contributed by atoms with Crippen molar-refractivity contribution in [3.63, 3.8) is 0 Å². The van der Waals surface area contributed by atoms with Crippen molar-refractivity contribution in [2.75, 3.05) is 6.61 Å². The standard InChI is InChI=1S/C3H3F4O.Na/c4-2(1-8)3(5,6)7;/h2H,1H2;/q-1;+1. The predicted octanol–water partition coefficient (Wildman–Crippen LogP) is -2.75. The number of alkyl halides is 4. The monoisotopic (exact) mass is 154 g/mol. The minimum atomic E-state index is -4.97. The molecular formula is C3H3F4NaO. The van der Waals surface area contributed by atoms with Crippen molar-refractivity contribution in [2.24, 2.45) is 0 Å². The smallest absolute Gasteiger partial charge is 0.852 e. The average molecular weight is 154 g/mol. The molecule has 0 aromatic rings. The van der Waals surface area contributed by atoms with Gasteiger partial charge in [-0.3, -0.25) is 0 Å². The number of rotatable bonds is 1. The van der Waals surface area contributed by atoms with Gasteiger partial charge < -0.3 is 5.11 Å². The molecular weight excluding hydrogens is 151 g/mol. The summed E-state index contributed by atoms with van der Waals surface area (Å²) in [7, 11) is 0. The van der Waals surface area contributed by atoms with Crippen LogP contribution in [0, 0.1) is 0 Å². The molecule has 0 bridgehead atoms. The van der Waals surface area contributed by atoms with E-state index in [1.54, 1.807) is 0 Å². The molecule has 0 amide bonds. The SMILES string of the molecule is [Na+].[O-]CC(F)C(F)(F)F. The minimum Gasteiger partial charge on any atom is -0.852 e.